The maximum absolute atomic E-state index is 12.1. The molecule has 0 unspecified atom stereocenters. The van der Waals surface area contributed by atoms with Crippen LogP contribution in [-0.2, 0) is 0 Å². The lowest BCUT2D eigenvalue weighted by Crippen LogP contribution is -2.45. The van der Waals surface area contributed by atoms with Crippen LogP contribution in [0.4, 0.5) is 5.69 Å². The van der Waals surface area contributed by atoms with Crippen LogP contribution >= 0.6 is 0 Å². The second-order valence-corrected chi connectivity index (χ2v) is 5.56. The van der Waals surface area contributed by atoms with E-state index in [9.17, 15) is 4.79 Å². The molecule has 1 aromatic rings. The van der Waals surface area contributed by atoms with E-state index in [0.717, 1.165) is 17.8 Å². The molecule has 0 saturated heterocycles. The molecule has 1 amide bonds. The van der Waals surface area contributed by atoms with Gasteiger partial charge in [-0.3, -0.25) is 4.79 Å². The van der Waals surface area contributed by atoms with Crippen molar-refractivity contribution >= 4 is 11.6 Å². The Kier molecular flexibility index (Phi) is 3.60. The van der Waals surface area contributed by atoms with E-state index in [-0.39, 0.29) is 11.4 Å². The monoisotopic (exact) mass is 246 g/mol. The minimum Gasteiger partial charge on any atom is -0.385 e. The molecule has 0 aliphatic heterocycles. The molecule has 1 aliphatic rings. The van der Waals surface area contributed by atoms with Crippen molar-refractivity contribution < 1.29 is 4.79 Å². The molecule has 0 heterocycles. The van der Waals surface area contributed by atoms with Crippen LogP contribution in [0, 0.1) is 5.92 Å². The molecule has 18 heavy (non-hydrogen) atoms. The summed E-state index contributed by atoms with van der Waals surface area (Å²) in [7, 11) is 0. The zero-order valence-corrected chi connectivity index (χ0v) is 11.4. The summed E-state index contributed by atoms with van der Waals surface area (Å²) in [6.45, 7) is 7.16. The molecular formula is C15H22N2O. The summed E-state index contributed by atoms with van der Waals surface area (Å²) in [6, 6.07) is 7.64. The number of rotatable bonds is 5. The van der Waals surface area contributed by atoms with Crippen molar-refractivity contribution in [1.29, 1.82) is 0 Å². The highest BCUT2D eigenvalue weighted by Crippen LogP contribution is 2.39. The average molecular weight is 246 g/mol. The fourth-order valence-corrected chi connectivity index (χ4v) is 2.22. The minimum absolute atomic E-state index is 0.0231. The molecule has 1 aromatic carbocycles. The van der Waals surface area contributed by atoms with Gasteiger partial charge in [-0.05, 0) is 63.8 Å². The normalized spacial score (nSPS) is 15.3. The van der Waals surface area contributed by atoms with E-state index in [1.807, 2.05) is 24.3 Å². The third kappa shape index (κ3) is 3.03. The summed E-state index contributed by atoms with van der Waals surface area (Å²) in [5.74, 6) is 0.664. The second-order valence-electron chi connectivity index (χ2n) is 5.56. The lowest BCUT2D eigenvalue weighted by molar-refractivity contribution is 0.0903. The van der Waals surface area contributed by atoms with E-state index < -0.39 is 0 Å². The van der Waals surface area contributed by atoms with Crippen LogP contribution in [0.2, 0.25) is 0 Å². The Labute approximate surface area is 109 Å². The molecule has 1 fully saturated rings. The first-order chi connectivity index (χ1) is 8.53. The Morgan fingerprint density at radius 2 is 1.89 bits per heavy atom. The first-order valence-electron chi connectivity index (χ1n) is 6.69. The maximum atomic E-state index is 12.1. The van der Waals surface area contributed by atoms with Gasteiger partial charge in [-0.15, -0.1) is 0 Å². The van der Waals surface area contributed by atoms with Gasteiger partial charge < -0.3 is 10.6 Å². The number of hydrogen-bond donors (Lipinski definition) is 2. The van der Waals surface area contributed by atoms with Gasteiger partial charge in [-0.1, -0.05) is 0 Å². The van der Waals surface area contributed by atoms with Crippen molar-refractivity contribution in [3.63, 3.8) is 0 Å². The van der Waals surface area contributed by atoms with E-state index in [4.69, 9.17) is 0 Å². The third-order valence-electron chi connectivity index (χ3n) is 3.56. The van der Waals surface area contributed by atoms with E-state index in [1.54, 1.807) is 0 Å². The number of nitrogens with one attached hydrogen (secondary N) is 2. The molecule has 0 radical (unpaired) electrons. The molecule has 3 nitrogen and oxygen atoms in total. The highest BCUT2D eigenvalue weighted by atomic mass is 16.1. The molecule has 2 N–H and O–H groups in total. The van der Waals surface area contributed by atoms with Gasteiger partial charge in [-0.25, -0.2) is 0 Å². The highest BCUT2D eigenvalue weighted by Gasteiger charge is 2.38. The first kappa shape index (κ1) is 12.9. The third-order valence-corrected chi connectivity index (χ3v) is 3.56. The van der Waals surface area contributed by atoms with Gasteiger partial charge in [0.2, 0.25) is 0 Å². The van der Waals surface area contributed by atoms with Crippen molar-refractivity contribution in [2.75, 3.05) is 11.9 Å². The Morgan fingerprint density at radius 3 is 2.39 bits per heavy atom. The van der Waals surface area contributed by atoms with Crippen LogP contribution < -0.4 is 10.6 Å². The van der Waals surface area contributed by atoms with Gasteiger partial charge in [0.15, 0.2) is 0 Å². The lowest BCUT2D eigenvalue weighted by atomic mass is 9.98. The van der Waals surface area contributed by atoms with Crippen LogP contribution in [0.15, 0.2) is 24.3 Å². The van der Waals surface area contributed by atoms with Crippen LogP contribution in [-0.4, -0.2) is 18.0 Å². The zero-order valence-electron chi connectivity index (χ0n) is 11.4. The van der Waals surface area contributed by atoms with E-state index in [1.165, 1.54) is 12.8 Å². The molecule has 0 aromatic heterocycles. The molecule has 1 aliphatic carbocycles. The molecule has 98 valence electrons. The van der Waals surface area contributed by atoms with Gasteiger partial charge in [0, 0.05) is 23.3 Å². The molecule has 3 heteroatoms. The molecule has 0 spiro atoms. The van der Waals surface area contributed by atoms with Gasteiger partial charge in [-0.2, -0.15) is 0 Å². The Hall–Kier alpha value is -1.51. The summed E-state index contributed by atoms with van der Waals surface area (Å²) in [5, 5.41) is 6.35. The highest BCUT2D eigenvalue weighted by molar-refractivity contribution is 5.95. The number of amides is 1. The largest absolute Gasteiger partial charge is 0.385 e. The minimum atomic E-state index is -0.0859. The molecule has 0 atom stereocenters. The van der Waals surface area contributed by atoms with E-state index in [0.29, 0.717) is 5.92 Å². The molecule has 0 bridgehead atoms. The van der Waals surface area contributed by atoms with Gasteiger partial charge in [0.25, 0.3) is 5.91 Å². The smallest absolute Gasteiger partial charge is 0.251 e. The second kappa shape index (κ2) is 5.01. The van der Waals surface area contributed by atoms with E-state index >= 15 is 0 Å². The van der Waals surface area contributed by atoms with Crippen molar-refractivity contribution in [2.45, 2.75) is 39.2 Å². The Balaban J connectivity index is 2.00. The number of anilines is 1. The van der Waals surface area contributed by atoms with Crippen LogP contribution in [0.3, 0.4) is 0 Å². The van der Waals surface area contributed by atoms with Crippen molar-refractivity contribution in [1.82, 2.24) is 5.32 Å². The fraction of sp³-hybridized carbons (Fsp3) is 0.533. The molecule has 1 saturated carbocycles. The topological polar surface area (TPSA) is 41.1 Å². The van der Waals surface area contributed by atoms with E-state index in [2.05, 4.69) is 31.4 Å². The Bertz CT molecular complexity index is 419. The van der Waals surface area contributed by atoms with Crippen LogP contribution in [0.25, 0.3) is 0 Å². The van der Waals surface area contributed by atoms with Crippen LogP contribution in [0.5, 0.6) is 0 Å². The van der Waals surface area contributed by atoms with Gasteiger partial charge in [0.05, 0.1) is 0 Å². The summed E-state index contributed by atoms with van der Waals surface area (Å²) in [6.07, 6.45) is 2.46. The fourth-order valence-electron chi connectivity index (χ4n) is 2.22. The lowest BCUT2D eigenvalue weighted by Gasteiger charge is -2.26. The summed E-state index contributed by atoms with van der Waals surface area (Å²) < 4.78 is 0. The quantitative estimate of drug-likeness (QED) is 0.838. The van der Waals surface area contributed by atoms with Gasteiger partial charge in [0.1, 0.15) is 0 Å². The zero-order chi connectivity index (χ0) is 13.2. The maximum Gasteiger partial charge on any atom is 0.251 e. The van der Waals surface area contributed by atoms with Crippen molar-refractivity contribution in [3.05, 3.63) is 29.8 Å². The average Bonchev–Trinajstić information content (AvgIpc) is 3.13. The predicted molar refractivity (Wildman–Crippen MR) is 74.9 cm³/mol. The number of hydrogen-bond acceptors (Lipinski definition) is 2. The van der Waals surface area contributed by atoms with Crippen molar-refractivity contribution in [2.24, 2.45) is 5.92 Å². The molecule has 2 rings (SSSR count). The first-order valence-corrected chi connectivity index (χ1v) is 6.69. The van der Waals surface area contributed by atoms with Crippen LogP contribution in [0.1, 0.15) is 44.0 Å². The number of carbonyl (C=O) groups is 1. The van der Waals surface area contributed by atoms with Gasteiger partial charge >= 0.3 is 0 Å². The number of benzene rings is 1. The van der Waals surface area contributed by atoms with Crippen molar-refractivity contribution in [3.8, 4) is 0 Å². The standard InChI is InChI=1S/C15H22N2O/c1-4-16-13-9-5-11(6-10-13)14(18)17-15(2,3)12-7-8-12/h5-6,9-10,12,16H,4,7-8H2,1-3H3,(H,17,18). The summed E-state index contributed by atoms with van der Waals surface area (Å²) in [5.41, 5.74) is 1.69. The summed E-state index contributed by atoms with van der Waals surface area (Å²) in [4.78, 5) is 12.1. The molecular weight excluding hydrogens is 224 g/mol. The Morgan fingerprint density at radius 1 is 1.28 bits per heavy atom. The summed E-state index contributed by atoms with van der Waals surface area (Å²) >= 11 is 0. The predicted octanol–water partition coefficient (Wildman–Crippen LogP) is 3.04. The SMILES string of the molecule is CCNc1ccc(C(=O)NC(C)(C)C2CC2)cc1. The number of carbonyl (C=O) groups excluding carboxylic acids is 1.